The van der Waals surface area contributed by atoms with Gasteiger partial charge in [-0.3, -0.25) is 4.79 Å². The predicted octanol–water partition coefficient (Wildman–Crippen LogP) is 2.01. The minimum atomic E-state index is -0.0908. The van der Waals surface area contributed by atoms with Crippen LogP contribution >= 0.6 is 0 Å². The molecule has 0 radical (unpaired) electrons. The Bertz CT molecular complexity index is 203. The standard InChI is InChI=1S/C13H25NO3/c14-9-5-2-1-3-8-13(15)17-11-12-7-4-6-10-16-12/h12H,1-11,14H2. The average molecular weight is 243 g/mol. The van der Waals surface area contributed by atoms with Gasteiger partial charge in [0.25, 0.3) is 0 Å². The van der Waals surface area contributed by atoms with Crippen molar-refractivity contribution in [2.24, 2.45) is 5.73 Å². The summed E-state index contributed by atoms with van der Waals surface area (Å²) in [6.07, 6.45) is 8.11. The van der Waals surface area contributed by atoms with E-state index >= 15 is 0 Å². The third-order valence-corrected chi connectivity index (χ3v) is 3.04. The van der Waals surface area contributed by atoms with E-state index in [1.165, 1.54) is 6.42 Å². The molecule has 1 fully saturated rings. The van der Waals surface area contributed by atoms with Crippen molar-refractivity contribution in [2.45, 2.75) is 57.5 Å². The summed E-state index contributed by atoms with van der Waals surface area (Å²) in [6.45, 7) is 1.98. The molecule has 0 amide bonds. The molecule has 1 aliphatic rings. The maximum absolute atomic E-state index is 11.4. The lowest BCUT2D eigenvalue weighted by Gasteiger charge is -2.22. The van der Waals surface area contributed by atoms with Crippen LogP contribution in [0.1, 0.15) is 51.4 Å². The van der Waals surface area contributed by atoms with Crippen LogP contribution in [0.15, 0.2) is 0 Å². The topological polar surface area (TPSA) is 61.6 Å². The number of hydrogen-bond donors (Lipinski definition) is 1. The van der Waals surface area contributed by atoms with Crippen molar-refractivity contribution >= 4 is 5.97 Å². The number of esters is 1. The molecule has 2 N–H and O–H groups in total. The molecule has 1 heterocycles. The van der Waals surface area contributed by atoms with Crippen LogP contribution in [0.25, 0.3) is 0 Å². The van der Waals surface area contributed by atoms with Gasteiger partial charge in [0, 0.05) is 13.0 Å². The van der Waals surface area contributed by atoms with E-state index in [-0.39, 0.29) is 12.1 Å². The van der Waals surface area contributed by atoms with Crippen LogP contribution in [0.4, 0.5) is 0 Å². The summed E-state index contributed by atoms with van der Waals surface area (Å²) in [5.41, 5.74) is 5.40. The first-order chi connectivity index (χ1) is 8.33. The van der Waals surface area contributed by atoms with E-state index in [2.05, 4.69) is 0 Å². The molecule has 4 heteroatoms. The van der Waals surface area contributed by atoms with E-state index in [0.717, 1.165) is 51.7 Å². The second-order valence-electron chi connectivity index (χ2n) is 4.62. The van der Waals surface area contributed by atoms with Crippen molar-refractivity contribution in [1.29, 1.82) is 0 Å². The van der Waals surface area contributed by atoms with Crippen LogP contribution in [0.3, 0.4) is 0 Å². The molecule has 100 valence electrons. The highest BCUT2D eigenvalue weighted by molar-refractivity contribution is 5.69. The summed E-state index contributed by atoms with van der Waals surface area (Å²) in [5.74, 6) is -0.0908. The minimum absolute atomic E-state index is 0.0908. The lowest BCUT2D eigenvalue weighted by atomic mass is 10.1. The largest absolute Gasteiger partial charge is 0.463 e. The van der Waals surface area contributed by atoms with Crippen molar-refractivity contribution in [1.82, 2.24) is 0 Å². The number of rotatable bonds is 8. The quantitative estimate of drug-likeness (QED) is 0.523. The van der Waals surface area contributed by atoms with Gasteiger partial charge in [-0.15, -0.1) is 0 Å². The highest BCUT2D eigenvalue weighted by atomic mass is 16.6. The van der Waals surface area contributed by atoms with E-state index in [1.807, 2.05) is 0 Å². The maximum Gasteiger partial charge on any atom is 0.305 e. The molecule has 0 spiro atoms. The number of nitrogens with two attached hydrogens (primary N) is 1. The van der Waals surface area contributed by atoms with Crippen LogP contribution in [0.5, 0.6) is 0 Å². The van der Waals surface area contributed by atoms with Gasteiger partial charge in [0.05, 0.1) is 6.10 Å². The normalized spacial score (nSPS) is 20.2. The Morgan fingerprint density at radius 1 is 1.24 bits per heavy atom. The van der Waals surface area contributed by atoms with E-state index in [4.69, 9.17) is 15.2 Å². The van der Waals surface area contributed by atoms with Gasteiger partial charge >= 0.3 is 5.97 Å². The van der Waals surface area contributed by atoms with Gasteiger partial charge in [0.1, 0.15) is 6.61 Å². The molecular weight excluding hydrogens is 218 g/mol. The molecule has 0 aliphatic carbocycles. The van der Waals surface area contributed by atoms with Gasteiger partial charge in [-0.25, -0.2) is 0 Å². The first-order valence-corrected chi connectivity index (χ1v) is 6.80. The summed E-state index contributed by atoms with van der Waals surface area (Å²) in [6, 6.07) is 0. The molecular formula is C13H25NO3. The van der Waals surface area contributed by atoms with Crippen molar-refractivity contribution in [3.8, 4) is 0 Å². The van der Waals surface area contributed by atoms with Crippen molar-refractivity contribution in [2.75, 3.05) is 19.8 Å². The van der Waals surface area contributed by atoms with Crippen molar-refractivity contribution < 1.29 is 14.3 Å². The Hall–Kier alpha value is -0.610. The first kappa shape index (κ1) is 14.5. The van der Waals surface area contributed by atoms with Gasteiger partial charge in [0.15, 0.2) is 0 Å². The number of unbranched alkanes of at least 4 members (excludes halogenated alkanes) is 3. The monoisotopic (exact) mass is 243 g/mol. The molecule has 1 rings (SSSR count). The third kappa shape index (κ3) is 7.34. The van der Waals surface area contributed by atoms with Crippen molar-refractivity contribution in [3.05, 3.63) is 0 Å². The SMILES string of the molecule is NCCCCCCC(=O)OCC1CCCCO1. The summed E-state index contributed by atoms with van der Waals surface area (Å²) in [4.78, 5) is 11.4. The molecule has 0 aromatic carbocycles. The Labute approximate surface area is 104 Å². The fourth-order valence-electron chi connectivity index (χ4n) is 1.96. The molecule has 0 saturated carbocycles. The fraction of sp³-hybridized carbons (Fsp3) is 0.923. The van der Waals surface area contributed by atoms with E-state index in [9.17, 15) is 4.79 Å². The smallest absolute Gasteiger partial charge is 0.305 e. The fourth-order valence-corrected chi connectivity index (χ4v) is 1.96. The number of carbonyl (C=O) groups excluding carboxylic acids is 1. The average Bonchev–Trinajstić information content (AvgIpc) is 2.37. The molecule has 1 saturated heterocycles. The zero-order chi connectivity index (χ0) is 12.3. The molecule has 4 nitrogen and oxygen atoms in total. The third-order valence-electron chi connectivity index (χ3n) is 3.04. The molecule has 0 bridgehead atoms. The van der Waals surface area contributed by atoms with Crippen molar-refractivity contribution in [3.63, 3.8) is 0 Å². The van der Waals surface area contributed by atoms with Gasteiger partial charge in [-0.2, -0.15) is 0 Å². The summed E-state index contributed by atoms with van der Waals surface area (Å²) in [7, 11) is 0. The lowest BCUT2D eigenvalue weighted by molar-refractivity contribution is -0.149. The Kier molecular flexibility index (Phi) is 8.01. The first-order valence-electron chi connectivity index (χ1n) is 6.80. The lowest BCUT2D eigenvalue weighted by Crippen LogP contribution is -2.25. The van der Waals surface area contributed by atoms with Crippen LogP contribution in [0.2, 0.25) is 0 Å². The number of carbonyl (C=O) groups is 1. The molecule has 0 aromatic rings. The predicted molar refractivity (Wildman–Crippen MR) is 66.7 cm³/mol. The van der Waals surface area contributed by atoms with Crippen LogP contribution in [-0.4, -0.2) is 31.8 Å². The molecule has 1 aliphatic heterocycles. The minimum Gasteiger partial charge on any atom is -0.463 e. The Balaban J connectivity index is 1.93. The van der Waals surface area contributed by atoms with Gasteiger partial charge in [-0.1, -0.05) is 12.8 Å². The van der Waals surface area contributed by atoms with E-state index in [1.54, 1.807) is 0 Å². The van der Waals surface area contributed by atoms with E-state index < -0.39 is 0 Å². The molecule has 0 aromatic heterocycles. The number of ether oxygens (including phenoxy) is 2. The highest BCUT2D eigenvalue weighted by Gasteiger charge is 2.15. The zero-order valence-corrected chi connectivity index (χ0v) is 10.7. The number of hydrogen-bond acceptors (Lipinski definition) is 4. The Morgan fingerprint density at radius 3 is 2.76 bits per heavy atom. The van der Waals surface area contributed by atoms with Crippen LogP contribution < -0.4 is 5.73 Å². The van der Waals surface area contributed by atoms with Gasteiger partial charge in [-0.05, 0) is 38.6 Å². The summed E-state index contributed by atoms with van der Waals surface area (Å²) < 4.78 is 10.7. The Morgan fingerprint density at radius 2 is 2.06 bits per heavy atom. The summed E-state index contributed by atoms with van der Waals surface area (Å²) in [5, 5.41) is 0. The second-order valence-corrected chi connectivity index (χ2v) is 4.62. The highest BCUT2D eigenvalue weighted by Crippen LogP contribution is 2.13. The zero-order valence-electron chi connectivity index (χ0n) is 10.7. The van der Waals surface area contributed by atoms with Crippen LogP contribution in [0, 0.1) is 0 Å². The molecule has 1 atom stereocenters. The summed E-state index contributed by atoms with van der Waals surface area (Å²) >= 11 is 0. The molecule has 1 unspecified atom stereocenters. The van der Waals surface area contributed by atoms with Gasteiger partial charge < -0.3 is 15.2 Å². The second kappa shape index (κ2) is 9.42. The maximum atomic E-state index is 11.4. The van der Waals surface area contributed by atoms with Gasteiger partial charge in [0.2, 0.25) is 0 Å². The van der Waals surface area contributed by atoms with E-state index in [0.29, 0.717) is 13.0 Å². The van der Waals surface area contributed by atoms with Crippen LogP contribution in [-0.2, 0) is 14.3 Å². The molecule has 17 heavy (non-hydrogen) atoms.